The highest BCUT2D eigenvalue weighted by molar-refractivity contribution is 7.92. The van der Waals surface area contributed by atoms with Crippen molar-refractivity contribution in [1.82, 2.24) is 19.6 Å². The molecule has 3 rings (SSSR count). The van der Waals surface area contributed by atoms with Crippen LogP contribution in [-0.2, 0) is 23.1 Å². The van der Waals surface area contributed by atoms with Gasteiger partial charge >= 0.3 is 0 Å². The van der Waals surface area contributed by atoms with Crippen LogP contribution >= 0.6 is 0 Å². The van der Waals surface area contributed by atoms with Gasteiger partial charge in [0.2, 0.25) is 0 Å². The number of aromatic nitrogens is 4. The van der Waals surface area contributed by atoms with Crippen LogP contribution < -0.4 is 14.2 Å². The van der Waals surface area contributed by atoms with Crippen molar-refractivity contribution < 1.29 is 17.9 Å². The largest absolute Gasteiger partial charge is 0.490 e. The predicted octanol–water partition coefficient (Wildman–Crippen LogP) is 2.75. The maximum atomic E-state index is 12.5. The highest BCUT2D eigenvalue weighted by atomic mass is 32.2. The molecule has 9 nitrogen and oxygen atoms in total. The summed E-state index contributed by atoms with van der Waals surface area (Å²) < 4.78 is 41.9. The van der Waals surface area contributed by atoms with Crippen LogP contribution in [0.4, 0.5) is 5.69 Å². The first-order valence-corrected chi connectivity index (χ1v) is 10.9. The number of rotatable bonds is 10. The van der Waals surface area contributed by atoms with E-state index in [1.807, 2.05) is 39.0 Å². The highest BCUT2D eigenvalue weighted by Crippen LogP contribution is 2.29. The second-order valence-electron chi connectivity index (χ2n) is 6.21. The summed E-state index contributed by atoms with van der Waals surface area (Å²) in [6.45, 7) is 7.87. The fourth-order valence-corrected chi connectivity index (χ4v) is 3.73. The molecule has 0 aliphatic rings. The molecule has 1 aromatic carbocycles. The lowest BCUT2D eigenvalue weighted by atomic mass is 10.2. The molecule has 10 heteroatoms. The van der Waals surface area contributed by atoms with Crippen molar-refractivity contribution in [2.45, 2.75) is 38.8 Å². The molecule has 0 atom stereocenters. The molecule has 2 aromatic heterocycles. The predicted molar refractivity (Wildman–Crippen MR) is 109 cm³/mol. The van der Waals surface area contributed by atoms with Gasteiger partial charge in [0.25, 0.3) is 10.0 Å². The van der Waals surface area contributed by atoms with Gasteiger partial charge in [-0.05, 0) is 38.5 Å². The normalized spacial score (nSPS) is 11.4. The van der Waals surface area contributed by atoms with Gasteiger partial charge in [-0.3, -0.25) is 14.1 Å². The summed E-state index contributed by atoms with van der Waals surface area (Å²) in [5.41, 5.74) is 1.34. The summed E-state index contributed by atoms with van der Waals surface area (Å²) in [5, 5.41) is 8.24. The Morgan fingerprint density at radius 3 is 2.38 bits per heavy atom. The minimum atomic E-state index is -3.71. The van der Waals surface area contributed by atoms with Crippen molar-refractivity contribution in [3.63, 3.8) is 0 Å². The topological polar surface area (TPSA) is 100 Å². The zero-order valence-electron chi connectivity index (χ0n) is 16.7. The zero-order chi connectivity index (χ0) is 20.9. The minimum absolute atomic E-state index is 0.111. The fraction of sp³-hybridized carbons (Fsp3) is 0.368. The van der Waals surface area contributed by atoms with Crippen molar-refractivity contribution >= 4 is 15.7 Å². The van der Waals surface area contributed by atoms with Gasteiger partial charge in [0.1, 0.15) is 4.90 Å². The number of nitrogens with zero attached hydrogens (tertiary/aromatic N) is 4. The van der Waals surface area contributed by atoms with Crippen molar-refractivity contribution in [1.29, 1.82) is 0 Å². The van der Waals surface area contributed by atoms with Crippen molar-refractivity contribution in [3.05, 3.63) is 48.5 Å². The molecular formula is C19H25N5O4S. The smallest absolute Gasteiger partial charge is 0.265 e. The Labute approximate surface area is 170 Å². The minimum Gasteiger partial charge on any atom is -0.490 e. The number of benzene rings is 1. The second-order valence-corrected chi connectivity index (χ2v) is 7.89. The van der Waals surface area contributed by atoms with E-state index in [0.29, 0.717) is 43.5 Å². The van der Waals surface area contributed by atoms with Crippen LogP contribution in [0.2, 0.25) is 0 Å². The van der Waals surface area contributed by atoms with Crippen LogP contribution in [0.3, 0.4) is 0 Å². The van der Waals surface area contributed by atoms with Crippen LogP contribution in [0.25, 0.3) is 0 Å². The molecular weight excluding hydrogens is 394 g/mol. The van der Waals surface area contributed by atoms with E-state index in [4.69, 9.17) is 9.47 Å². The van der Waals surface area contributed by atoms with Crippen LogP contribution in [0.15, 0.2) is 47.9 Å². The van der Waals surface area contributed by atoms with Gasteiger partial charge in [0.05, 0.1) is 37.8 Å². The standard InChI is InChI=1S/C19H25N5O4S/c1-4-23-14-17(11-21-23)29(25,26)22-16-10-20-24(13-16)12-15-7-8-18(27-5-2)19(9-15)28-6-3/h7-11,13-14,22H,4-6,12H2,1-3H3. The lowest BCUT2D eigenvalue weighted by molar-refractivity contribution is 0.287. The molecule has 0 aliphatic heterocycles. The molecule has 1 N–H and O–H groups in total. The Balaban J connectivity index is 1.72. The molecule has 0 amide bonds. The molecule has 29 heavy (non-hydrogen) atoms. The van der Waals surface area contributed by atoms with Crippen molar-refractivity contribution in [3.8, 4) is 11.5 Å². The average Bonchev–Trinajstić information content (AvgIpc) is 3.34. The van der Waals surface area contributed by atoms with E-state index in [2.05, 4.69) is 14.9 Å². The molecule has 0 saturated carbocycles. The van der Waals surface area contributed by atoms with Gasteiger partial charge in [-0.2, -0.15) is 10.2 Å². The number of hydrogen-bond acceptors (Lipinski definition) is 6. The summed E-state index contributed by atoms with van der Waals surface area (Å²) in [6, 6.07) is 5.69. The lowest BCUT2D eigenvalue weighted by Gasteiger charge is -2.12. The van der Waals surface area contributed by atoms with Crippen LogP contribution in [-0.4, -0.2) is 41.2 Å². The Morgan fingerprint density at radius 2 is 1.69 bits per heavy atom. The van der Waals surface area contributed by atoms with Gasteiger partial charge < -0.3 is 9.47 Å². The van der Waals surface area contributed by atoms with Crippen LogP contribution in [0.5, 0.6) is 11.5 Å². The Hall–Kier alpha value is -3.01. The summed E-state index contributed by atoms with van der Waals surface area (Å²) >= 11 is 0. The van der Waals surface area contributed by atoms with Gasteiger partial charge in [-0.15, -0.1) is 0 Å². The first-order valence-electron chi connectivity index (χ1n) is 9.41. The van der Waals surface area contributed by atoms with E-state index in [9.17, 15) is 8.42 Å². The number of sulfonamides is 1. The Morgan fingerprint density at radius 1 is 0.966 bits per heavy atom. The molecule has 2 heterocycles. The first-order chi connectivity index (χ1) is 13.9. The van der Waals surface area contributed by atoms with Gasteiger partial charge in [-0.25, -0.2) is 8.42 Å². The van der Waals surface area contributed by atoms with E-state index >= 15 is 0 Å². The summed E-state index contributed by atoms with van der Waals surface area (Å²) in [4.78, 5) is 0.111. The van der Waals surface area contributed by atoms with Gasteiger partial charge in [-0.1, -0.05) is 6.07 Å². The van der Waals surface area contributed by atoms with Gasteiger partial charge in [0, 0.05) is 18.9 Å². The summed E-state index contributed by atoms with van der Waals surface area (Å²) in [6.07, 6.45) is 5.92. The molecule has 0 unspecified atom stereocenters. The van der Waals surface area contributed by atoms with E-state index in [1.54, 1.807) is 15.6 Å². The molecule has 156 valence electrons. The summed E-state index contributed by atoms with van der Waals surface area (Å²) in [7, 11) is -3.71. The van der Waals surface area contributed by atoms with E-state index in [-0.39, 0.29) is 4.90 Å². The third-order valence-electron chi connectivity index (χ3n) is 4.08. The zero-order valence-corrected chi connectivity index (χ0v) is 17.5. The number of anilines is 1. The molecule has 3 aromatic rings. The van der Waals surface area contributed by atoms with Crippen LogP contribution in [0.1, 0.15) is 26.3 Å². The maximum Gasteiger partial charge on any atom is 0.265 e. The highest BCUT2D eigenvalue weighted by Gasteiger charge is 2.17. The van der Waals surface area contributed by atoms with E-state index < -0.39 is 10.0 Å². The van der Waals surface area contributed by atoms with Crippen molar-refractivity contribution in [2.75, 3.05) is 17.9 Å². The van der Waals surface area contributed by atoms with E-state index in [1.165, 1.54) is 18.6 Å². The van der Waals surface area contributed by atoms with Crippen LogP contribution in [0, 0.1) is 0 Å². The third-order valence-corrected chi connectivity index (χ3v) is 5.42. The lowest BCUT2D eigenvalue weighted by Crippen LogP contribution is -2.12. The summed E-state index contributed by atoms with van der Waals surface area (Å²) in [5.74, 6) is 1.37. The Kier molecular flexibility index (Phi) is 6.42. The van der Waals surface area contributed by atoms with E-state index in [0.717, 1.165) is 5.56 Å². The first kappa shape index (κ1) is 20.7. The van der Waals surface area contributed by atoms with Crippen molar-refractivity contribution in [2.24, 2.45) is 0 Å². The molecule has 0 bridgehead atoms. The average molecular weight is 420 g/mol. The third kappa shape index (κ3) is 5.08. The monoisotopic (exact) mass is 419 g/mol. The number of aryl methyl sites for hydroxylation is 1. The molecule has 0 spiro atoms. The maximum absolute atomic E-state index is 12.5. The van der Waals surface area contributed by atoms with Gasteiger partial charge in [0.15, 0.2) is 11.5 Å². The fourth-order valence-electron chi connectivity index (χ4n) is 2.75. The number of hydrogen-bond donors (Lipinski definition) is 1. The SMILES string of the molecule is CCOc1ccc(Cn2cc(NS(=O)(=O)c3cnn(CC)c3)cn2)cc1OCC. The molecule has 0 radical (unpaired) electrons. The number of ether oxygens (including phenoxy) is 2. The molecule has 0 aliphatic carbocycles. The quantitative estimate of drug-likeness (QED) is 0.542. The molecule has 0 fully saturated rings. The number of nitrogens with one attached hydrogen (secondary N) is 1. The Bertz CT molecular complexity index is 1060. The molecule has 0 saturated heterocycles. The second kappa shape index (κ2) is 8.99.